The topological polar surface area (TPSA) is 71.3 Å². The third kappa shape index (κ3) is 4.64. The first kappa shape index (κ1) is 17.9. The first-order valence-electron chi connectivity index (χ1n) is 9.80. The summed E-state index contributed by atoms with van der Waals surface area (Å²) < 4.78 is 18.4. The highest BCUT2D eigenvalue weighted by Crippen LogP contribution is 2.38. The molecule has 0 aliphatic heterocycles. The molecule has 6 nitrogen and oxygen atoms in total. The quantitative estimate of drug-likeness (QED) is 0.828. The molecule has 0 atom stereocenters. The van der Waals surface area contributed by atoms with Crippen LogP contribution in [-0.4, -0.2) is 27.1 Å². The molecule has 4 rings (SSSR count). The molecule has 0 radical (unpaired) electrons. The number of carbonyl (C=O) groups excluding carboxylic acids is 1. The van der Waals surface area contributed by atoms with Gasteiger partial charge in [-0.25, -0.2) is 9.18 Å². The van der Waals surface area contributed by atoms with Gasteiger partial charge in [0.15, 0.2) is 5.82 Å². The SMILES string of the molecule is O=C(NCc1noc(C2CC2)n1)N(Cc1ccc(F)cc1)C1CCCCC1. The maximum atomic E-state index is 13.2. The molecule has 2 amide bonds. The summed E-state index contributed by atoms with van der Waals surface area (Å²) in [5.41, 5.74) is 0.924. The van der Waals surface area contributed by atoms with Crippen LogP contribution in [0.5, 0.6) is 0 Å². The number of halogens is 1. The minimum absolute atomic E-state index is 0.135. The number of aromatic nitrogens is 2. The minimum atomic E-state index is -0.268. The highest BCUT2D eigenvalue weighted by Gasteiger charge is 2.30. The molecule has 2 saturated carbocycles. The summed E-state index contributed by atoms with van der Waals surface area (Å²) in [5.74, 6) is 1.32. The van der Waals surface area contributed by atoms with Crippen LogP contribution in [0.3, 0.4) is 0 Å². The zero-order valence-electron chi connectivity index (χ0n) is 15.4. The highest BCUT2D eigenvalue weighted by atomic mass is 19.1. The Kier molecular flexibility index (Phi) is 5.36. The lowest BCUT2D eigenvalue weighted by molar-refractivity contribution is 0.150. The van der Waals surface area contributed by atoms with Gasteiger partial charge in [0.25, 0.3) is 0 Å². The van der Waals surface area contributed by atoms with Crippen molar-refractivity contribution in [2.75, 3.05) is 0 Å². The van der Waals surface area contributed by atoms with E-state index in [1.807, 2.05) is 4.90 Å². The largest absolute Gasteiger partial charge is 0.339 e. The average Bonchev–Trinajstić information content (AvgIpc) is 3.44. The molecule has 1 heterocycles. The maximum absolute atomic E-state index is 13.2. The molecule has 2 aliphatic carbocycles. The molecular formula is C20H25FN4O2. The summed E-state index contributed by atoms with van der Waals surface area (Å²) in [6.07, 6.45) is 7.68. The second-order valence-electron chi connectivity index (χ2n) is 7.53. The summed E-state index contributed by atoms with van der Waals surface area (Å²) >= 11 is 0. The molecule has 0 spiro atoms. The predicted molar refractivity (Wildman–Crippen MR) is 97.3 cm³/mol. The Morgan fingerprint density at radius 3 is 2.59 bits per heavy atom. The van der Waals surface area contributed by atoms with Gasteiger partial charge in [0.2, 0.25) is 5.89 Å². The normalized spacial score (nSPS) is 17.7. The van der Waals surface area contributed by atoms with E-state index in [0.717, 1.165) is 44.1 Å². The Bertz CT molecular complexity index is 767. The molecule has 0 unspecified atom stereocenters. The molecule has 1 aromatic carbocycles. The molecule has 27 heavy (non-hydrogen) atoms. The van der Waals surface area contributed by atoms with E-state index < -0.39 is 0 Å². The Hall–Kier alpha value is -2.44. The molecule has 0 bridgehead atoms. The van der Waals surface area contributed by atoms with Crippen LogP contribution in [0, 0.1) is 5.82 Å². The molecule has 144 valence electrons. The van der Waals surface area contributed by atoms with E-state index in [-0.39, 0.29) is 24.4 Å². The third-order valence-electron chi connectivity index (χ3n) is 5.35. The van der Waals surface area contributed by atoms with Gasteiger partial charge in [-0.1, -0.05) is 36.6 Å². The fourth-order valence-corrected chi connectivity index (χ4v) is 3.64. The van der Waals surface area contributed by atoms with Crippen LogP contribution in [-0.2, 0) is 13.1 Å². The van der Waals surface area contributed by atoms with Crippen molar-refractivity contribution in [3.8, 4) is 0 Å². The van der Waals surface area contributed by atoms with Crippen molar-refractivity contribution >= 4 is 6.03 Å². The molecule has 1 aromatic heterocycles. The molecule has 2 fully saturated rings. The van der Waals surface area contributed by atoms with Gasteiger partial charge in [-0.05, 0) is 43.4 Å². The van der Waals surface area contributed by atoms with Crippen molar-refractivity contribution in [1.29, 1.82) is 0 Å². The first-order valence-corrected chi connectivity index (χ1v) is 9.80. The lowest BCUT2D eigenvalue weighted by Gasteiger charge is -2.34. The second-order valence-corrected chi connectivity index (χ2v) is 7.53. The summed E-state index contributed by atoms with van der Waals surface area (Å²) in [4.78, 5) is 19.1. The van der Waals surface area contributed by atoms with Crippen LogP contribution in [0.25, 0.3) is 0 Å². The zero-order chi connectivity index (χ0) is 18.6. The molecule has 2 aromatic rings. The zero-order valence-corrected chi connectivity index (χ0v) is 15.4. The third-order valence-corrected chi connectivity index (χ3v) is 5.35. The summed E-state index contributed by atoms with van der Waals surface area (Å²) in [6, 6.07) is 6.41. The van der Waals surface area contributed by atoms with Crippen molar-refractivity contribution in [3.05, 3.63) is 47.4 Å². The van der Waals surface area contributed by atoms with E-state index in [9.17, 15) is 9.18 Å². The van der Waals surface area contributed by atoms with Gasteiger partial charge in [-0.15, -0.1) is 0 Å². The van der Waals surface area contributed by atoms with E-state index in [2.05, 4.69) is 15.5 Å². The van der Waals surface area contributed by atoms with E-state index >= 15 is 0 Å². The molecule has 2 aliphatic rings. The van der Waals surface area contributed by atoms with Crippen LogP contribution < -0.4 is 5.32 Å². The number of urea groups is 1. The molecular weight excluding hydrogens is 347 g/mol. The van der Waals surface area contributed by atoms with Gasteiger partial charge in [0.1, 0.15) is 5.82 Å². The van der Waals surface area contributed by atoms with Crippen molar-refractivity contribution in [2.45, 2.75) is 70.0 Å². The standard InChI is InChI=1S/C20H25FN4O2/c21-16-10-6-14(7-11-16)13-25(17-4-2-1-3-5-17)20(26)22-12-18-23-19(27-24-18)15-8-9-15/h6-7,10-11,15,17H,1-5,8-9,12-13H2,(H,22,26). The van der Waals surface area contributed by atoms with Gasteiger partial charge in [-0.3, -0.25) is 0 Å². The van der Waals surface area contributed by atoms with Gasteiger partial charge in [0, 0.05) is 18.5 Å². The maximum Gasteiger partial charge on any atom is 0.318 e. The minimum Gasteiger partial charge on any atom is -0.339 e. The Labute approximate surface area is 158 Å². The van der Waals surface area contributed by atoms with E-state index in [1.165, 1.54) is 18.6 Å². The van der Waals surface area contributed by atoms with Crippen LogP contribution in [0.2, 0.25) is 0 Å². The fraction of sp³-hybridized carbons (Fsp3) is 0.550. The Morgan fingerprint density at radius 2 is 1.89 bits per heavy atom. The average molecular weight is 372 g/mol. The van der Waals surface area contributed by atoms with E-state index in [0.29, 0.717) is 24.2 Å². The number of hydrogen-bond donors (Lipinski definition) is 1. The summed E-state index contributed by atoms with van der Waals surface area (Å²) in [5, 5.41) is 6.88. The van der Waals surface area contributed by atoms with Crippen LogP contribution in [0.4, 0.5) is 9.18 Å². The Morgan fingerprint density at radius 1 is 1.15 bits per heavy atom. The van der Waals surface area contributed by atoms with Crippen LogP contribution >= 0.6 is 0 Å². The first-order chi connectivity index (χ1) is 13.2. The van der Waals surface area contributed by atoms with Crippen molar-refractivity contribution < 1.29 is 13.7 Å². The van der Waals surface area contributed by atoms with Gasteiger partial charge >= 0.3 is 6.03 Å². The van der Waals surface area contributed by atoms with E-state index in [4.69, 9.17) is 4.52 Å². The monoisotopic (exact) mass is 372 g/mol. The van der Waals surface area contributed by atoms with Crippen LogP contribution in [0.15, 0.2) is 28.8 Å². The number of carbonyl (C=O) groups is 1. The summed E-state index contributed by atoms with van der Waals surface area (Å²) in [7, 11) is 0. The van der Waals surface area contributed by atoms with E-state index in [1.54, 1.807) is 12.1 Å². The van der Waals surface area contributed by atoms with Crippen LogP contribution in [0.1, 0.15) is 68.1 Å². The highest BCUT2D eigenvalue weighted by molar-refractivity contribution is 5.74. The lowest BCUT2D eigenvalue weighted by Crippen LogP contribution is -2.46. The number of nitrogens with one attached hydrogen (secondary N) is 1. The fourth-order valence-electron chi connectivity index (χ4n) is 3.64. The van der Waals surface area contributed by atoms with Crippen molar-refractivity contribution in [3.63, 3.8) is 0 Å². The molecule has 0 saturated heterocycles. The van der Waals surface area contributed by atoms with Crippen molar-refractivity contribution in [2.24, 2.45) is 0 Å². The predicted octanol–water partition coefficient (Wildman–Crippen LogP) is 4.13. The smallest absolute Gasteiger partial charge is 0.318 e. The van der Waals surface area contributed by atoms with Gasteiger partial charge < -0.3 is 14.7 Å². The molecule has 7 heteroatoms. The number of amides is 2. The Balaban J connectivity index is 1.41. The number of nitrogens with zero attached hydrogens (tertiary/aromatic N) is 3. The second kappa shape index (κ2) is 8.06. The summed E-state index contributed by atoms with van der Waals surface area (Å²) in [6.45, 7) is 0.720. The molecule has 1 N–H and O–H groups in total. The lowest BCUT2D eigenvalue weighted by atomic mass is 9.94. The number of hydrogen-bond acceptors (Lipinski definition) is 4. The van der Waals surface area contributed by atoms with Crippen molar-refractivity contribution in [1.82, 2.24) is 20.4 Å². The number of benzene rings is 1. The van der Waals surface area contributed by atoms with Gasteiger partial charge in [0.05, 0.1) is 6.54 Å². The van der Waals surface area contributed by atoms with Gasteiger partial charge in [-0.2, -0.15) is 4.98 Å². The number of rotatable bonds is 6.